The number of nitrogens with zero attached hydrogens (tertiary/aromatic N) is 2. The molecule has 1 saturated carbocycles. The fourth-order valence-electron chi connectivity index (χ4n) is 2.12. The van der Waals surface area contributed by atoms with Crippen LogP contribution in [-0.2, 0) is 6.42 Å². The highest BCUT2D eigenvalue weighted by Crippen LogP contribution is 2.24. The van der Waals surface area contributed by atoms with Gasteiger partial charge in [-0.3, -0.25) is 0 Å². The fourth-order valence-corrected chi connectivity index (χ4v) is 2.12. The first-order valence-corrected chi connectivity index (χ1v) is 6.86. The van der Waals surface area contributed by atoms with Gasteiger partial charge in [-0.15, -0.1) is 10.2 Å². The van der Waals surface area contributed by atoms with E-state index in [1.54, 1.807) is 0 Å². The molecule has 1 heterocycles. The quantitative estimate of drug-likeness (QED) is 0.894. The van der Waals surface area contributed by atoms with Crippen molar-refractivity contribution in [3.8, 4) is 11.5 Å². The minimum Gasteiger partial charge on any atom is -0.421 e. The third-order valence-corrected chi connectivity index (χ3v) is 3.65. The van der Waals surface area contributed by atoms with Crippen LogP contribution in [0.4, 0.5) is 0 Å². The van der Waals surface area contributed by atoms with Crippen molar-refractivity contribution < 1.29 is 4.42 Å². The van der Waals surface area contributed by atoms with E-state index in [1.165, 1.54) is 24.0 Å². The summed E-state index contributed by atoms with van der Waals surface area (Å²) < 4.78 is 5.75. The number of rotatable bonds is 5. The van der Waals surface area contributed by atoms with Crippen LogP contribution in [0.5, 0.6) is 0 Å². The number of benzene rings is 1. The van der Waals surface area contributed by atoms with Gasteiger partial charge in [0.2, 0.25) is 11.8 Å². The Balaban J connectivity index is 1.70. The molecule has 1 aliphatic carbocycles. The maximum Gasteiger partial charge on any atom is 0.248 e. The predicted molar refractivity (Wildman–Crippen MR) is 73.9 cm³/mol. The molecule has 0 unspecified atom stereocenters. The summed E-state index contributed by atoms with van der Waals surface area (Å²) in [6.07, 6.45) is 3.41. The van der Waals surface area contributed by atoms with Crippen LogP contribution in [0.1, 0.15) is 29.9 Å². The van der Waals surface area contributed by atoms with Gasteiger partial charge in [-0.2, -0.15) is 0 Å². The van der Waals surface area contributed by atoms with Crippen molar-refractivity contribution in [2.75, 3.05) is 6.54 Å². The zero-order valence-electron chi connectivity index (χ0n) is 11.4. The first-order chi connectivity index (χ1) is 9.24. The van der Waals surface area contributed by atoms with E-state index in [0.717, 1.165) is 24.6 Å². The van der Waals surface area contributed by atoms with Gasteiger partial charge in [0.25, 0.3) is 0 Å². The van der Waals surface area contributed by atoms with Crippen LogP contribution in [0.3, 0.4) is 0 Å². The summed E-state index contributed by atoms with van der Waals surface area (Å²) >= 11 is 0. The summed E-state index contributed by atoms with van der Waals surface area (Å²) in [5, 5.41) is 11.7. The highest BCUT2D eigenvalue weighted by molar-refractivity contribution is 5.59. The van der Waals surface area contributed by atoms with Crippen LogP contribution in [0, 0.1) is 13.8 Å². The number of hydrogen-bond donors (Lipinski definition) is 1. The lowest BCUT2D eigenvalue weighted by Gasteiger charge is -2.03. The molecule has 4 nitrogen and oxygen atoms in total. The molecule has 100 valence electrons. The topological polar surface area (TPSA) is 51.0 Å². The van der Waals surface area contributed by atoms with Crippen LogP contribution >= 0.6 is 0 Å². The largest absolute Gasteiger partial charge is 0.421 e. The maximum atomic E-state index is 5.75. The standard InChI is InChI=1S/C15H19N3O/c1-10-4-3-5-13(11(10)2)15-18-17-14(19-15)8-9-16-12-6-7-12/h3-5,12,16H,6-9H2,1-2H3. The maximum absolute atomic E-state index is 5.75. The summed E-state index contributed by atoms with van der Waals surface area (Å²) in [6, 6.07) is 6.87. The monoisotopic (exact) mass is 257 g/mol. The second-order valence-corrected chi connectivity index (χ2v) is 5.23. The van der Waals surface area contributed by atoms with E-state index in [-0.39, 0.29) is 0 Å². The van der Waals surface area contributed by atoms with Crippen LogP contribution in [0.2, 0.25) is 0 Å². The molecule has 1 aromatic carbocycles. The second kappa shape index (κ2) is 5.13. The molecule has 1 aromatic heterocycles. The molecule has 0 spiro atoms. The van der Waals surface area contributed by atoms with Gasteiger partial charge in [0.15, 0.2) is 0 Å². The first kappa shape index (κ1) is 12.4. The average molecular weight is 257 g/mol. The van der Waals surface area contributed by atoms with E-state index in [9.17, 15) is 0 Å². The molecule has 0 radical (unpaired) electrons. The van der Waals surface area contributed by atoms with E-state index in [1.807, 2.05) is 12.1 Å². The Kier molecular flexibility index (Phi) is 3.34. The van der Waals surface area contributed by atoms with E-state index < -0.39 is 0 Å². The number of aryl methyl sites for hydroxylation is 1. The van der Waals surface area contributed by atoms with E-state index in [2.05, 4.69) is 35.4 Å². The van der Waals surface area contributed by atoms with Crippen LogP contribution < -0.4 is 5.32 Å². The molecule has 19 heavy (non-hydrogen) atoms. The molecular formula is C15H19N3O. The Morgan fingerprint density at radius 1 is 1.26 bits per heavy atom. The minimum absolute atomic E-state index is 0.627. The zero-order valence-corrected chi connectivity index (χ0v) is 11.4. The molecular weight excluding hydrogens is 238 g/mol. The Hall–Kier alpha value is -1.68. The highest BCUT2D eigenvalue weighted by Gasteiger charge is 2.20. The summed E-state index contributed by atoms with van der Waals surface area (Å²) in [5.41, 5.74) is 3.48. The lowest BCUT2D eigenvalue weighted by atomic mass is 10.0. The summed E-state index contributed by atoms with van der Waals surface area (Å²) in [7, 11) is 0. The summed E-state index contributed by atoms with van der Waals surface area (Å²) in [6.45, 7) is 5.10. The van der Waals surface area contributed by atoms with E-state index in [0.29, 0.717) is 11.8 Å². The van der Waals surface area contributed by atoms with Gasteiger partial charge in [-0.05, 0) is 43.9 Å². The van der Waals surface area contributed by atoms with Gasteiger partial charge in [-0.25, -0.2) is 0 Å². The van der Waals surface area contributed by atoms with Crippen molar-refractivity contribution in [1.82, 2.24) is 15.5 Å². The van der Waals surface area contributed by atoms with Crippen LogP contribution in [0.15, 0.2) is 22.6 Å². The van der Waals surface area contributed by atoms with Crippen LogP contribution in [0.25, 0.3) is 11.5 Å². The van der Waals surface area contributed by atoms with Gasteiger partial charge in [0.1, 0.15) is 0 Å². The van der Waals surface area contributed by atoms with Crippen molar-refractivity contribution >= 4 is 0 Å². The normalized spacial score (nSPS) is 14.8. The number of aromatic nitrogens is 2. The molecule has 2 aromatic rings. The Morgan fingerprint density at radius 3 is 2.89 bits per heavy atom. The number of nitrogens with one attached hydrogen (secondary N) is 1. The van der Waals surface area contributed by atoms with Crippen LogP contribution in [-0.4, -0.2) is 22.8 Å². The molecule has 4 heteroatoms. The third-order valence-electron chi connectivity index (χ3n) is 3.65. The molecule has 3 rings (SSSR count). The Morgan fingerprint density at radius 2 is 2.11 bits per heavy atom. The molecule has 0 amide bonds. The first-order valence-electron chi connectivity index (χ1n) is 6.86. The summed E-state index contributed by atoms with van der Waals surface area (Å²) in [4.78, 5) is 0. The Bertz CT molecular complexity index is 573. The third kappa shape index (κ3) is 2.84. The van der Waals surface area contributed by atoms with E-state index >= 15 is 0 Å². The van der Waals surface area contributed by atoms with Crippen molar-refractivity contribution in [3.05, 3.63) is 35.2 Å². The van der Waals surface area contributed by atoms with Gasteiger partial charge in [-0.1, -0.05) is 12.1 Å². The SMILES string of the molecule is Cc1cccc(-c2nnc(CCNC3CC3)o2)c1C. The van der Waals surface area contributed by atoms with Crippen molar-refractivity contribution in [2.24, 2.45) is 0 Å². The number of hydrogen-bond acceptors (Lipinski definition) is 4. The lowest BCUT2D eigenvalue weighted by Crippen LogP contribution is -2.19. The molecule has 0 atom stereocenters. The lowest BCUT2D eigenvalue weighted by molar-refractivity contribution is 0.494. The Labute approximate surface area is 113 Å². The average Bonchev–Trinajstić information content (AvgIpc) is 3.10. The van der Waals surface area contributed by atoms with Gasteiger partial charge >= 0.3 is 0 Å². The second-order valence-electron chi connectivity index (χ2n) is 5.23. The smallest absolute Gasteiger partial charge is 0.248 e. The molecule has 0 aliphatic heterocycles. The van der Waals surface area contributed by atoms with Gasteiger partial charge in [0, 0.05) is 24.6 Å². The van der Waals surface area contributed by atoms with Gasteiger partial charge in [0.05, 0.1) is 0 Å². The molecule has 1 aliphatic rings. The van der Waals surface area contributed by atoms with Crippen molar-refractivity contribution in [2.45, 2.75) is 39.2 Å². The molecule has 1 fully saturated rings. The van der Waals surface area contributed by atoms with Crippen molar-refractivity contribution in [1.29, 1.82) is 0 Å². The minimum atomic E-state index is 0.627. The van der Waals surface area contributed by atoms with Crippen molar-refractivity contribution in [3.63, 3.8) is 0 Å². The molecule has 0 saturated heterocycles. The predicted octanol–water partition coefficient (Wildman–Crippen LogP) is 2.65. The zero-order chi connectivity index (χ0) is 13.2. The van der Waals surface area contributed by atoms with E-state index in [4.69, 9.17) is 4.42 Å². The fraction of sp³-hybridized carbons (Fsp3) is 0.467. The summed E-state index contributed by atoms with van der Waals surface area (Å²) in [5.74, 6) is 1.34. The molecule has 0 bridgehead atoms. The molecule has 1 N–H and O–H groups in total. The highest BCUT2D eigenvalue weighted by atomic mass is 16.4. The van der Waals surface area contributed by atoms with Gasteiger partial charge < -0.3 is 9.73 Å².